The molecule has 3 N–H and O–H groups in total. The molecule has 8 heteroatoms. The van der Waals surface area contributed by atoms with Crippen molar-refractivity contribution in [3.8, 4) is 0 Å². The fourth-order valence-corrected chi connectivity index (χ4v) is 2.50. The van der Waals surface area contributed by atoms with Crippen molar-refractivity contribution >= 4 is 12.0 Å². The quantitative estimate of drug-likeness (QED) is 0.607. The summed E-state index contributed by atoms with van der Waals surface area (Å²) in [4.78, 5) is 24.7. The molecule has 8 nitrogen and oxygen atoms in total. The highest BCUT2D eigenvalue weighted by Gasteiger charge is 2.37. The average Bonchev–Trinajstić information content (AvgIpc) is 2.86. The fourth-order valence-electron chi connectivity index (χ4n) is 2.50. The first-order chi connectivity index (χ1) is 9.51. The Hall–Kier alpha value is -1.38. The number of rotatable bonds is 3. The Balaban J connectivity index is 1.92. The normalized spacial score (nSPS) is 34.0. The lowest BCUT2D eigenvalue weighted by Gasteiger charge is -2.36. The van der Waals surface area contributed by atoms with Gasteiger partial charge >= 0.3 is 12.0 Å². The van der Waals surface area contributed by atoms with Gasteiger partial charge in [0, 0.05) is 6.54 Å². The first kappa shape index (κ1) is 15.0. The predicted octanol–water partition coefficient (Wildman–Crippen LogP) is -1.12. The van der Waals surface area contributed by atoms with E-state index in [4.69, 9.17) is 19.7 Å². The number of ether oxygens (including phenoxy) is 2. The van der Waals surface area contributed by atoms with Gasteiger partial charge in [-0.1, -0.05) is 0 Å². The fraction of sp³-hybridized carbons (Fsp3) is 0.833. The van der Waals surface area contributed by atoms with Crippen molar-refractivity contribution in [3.63, 3.8) is 0 Å². The Kier molecular flexibility index (Phi) is 4.79. The van der Waals surface area contributed by atoms with Crippen LogP contribution in [0.2, 0.25) is 0 Å². The van der Waals surface area contributed by atoms with Gasteiger partial charge in [0.2, 0.25) is 0 Å². The molecule has 0 saturated carbocycles. The van der Waals surface area contributed by atoms with Crippen LogP contribution in [-0.4, -0.2) is 78.3 Å². The summed E-state index contributed by atoms with van der Waals surface area (Å²) in [5.41, 5.74) is 0. The Morgan fingerprint density at radius 3 is 2.75 bits per heavy atom. The Morgan fingerprint density at radius 1 is 1.35 bits per heavy atom. The number of hydrogen-bond acceptors (Lipinski definition) is 5. The van der Waals surface area contributed by atoms with Crippen LogP contribution in [0.3, 0.4) is 0 Å². The van der Waals surface area contributed by atoms with Crippen LogP contribution < -0.4 is 5.32 Å². The second-order valence-corrected chi connectivity index (χ2v) is 5.19. The summed E-state index contributed by atoms with van der Waals surface area (Å²) in [5.74, 6) is -1.69. The summed E-state index contributed by atoms with van der Waals surface area (Å²) in [6.07, 6.45) is -0.568. The Morgan fingerprint density at radius 2 is 2.10 bits per heavy atom. The number of nitrogens with zero attached hydrogens (tertiary/aromatic N) is 1. The molecule has 20 heavy (non-hydrogen) atoms. The Labute approximate surface area is 116 Å². The Bertz CT molecular complexity index is 377. The largest absolute Gasteiger partial charge is 0.481 e. The van der Waals surface area contributed by atoms with Gasteiger partial charge in [0.1, 0.15) is 5.92 Å². The number of nitrogens with one attached hydrogen (secondary N) is 1. The maximum Gasteiger partial charge on any atom is 0.317 e. The van der Waals surface area contributed by atoms with Crippen LogP contribution in [0.15, 0.2) is 0 Å². The van der Waals surface area contributed by atoms with E-state index in [1.54, 1.807) is 0 Å². The summed E-state index contributed by atoms with van der Waals surface area (Å²) >= 11 is 0. The molecule has 2 aliphatic heterocycles. The van der Waals surface area contributed by atoms with Gasteiger partial charge in [-0.25, -0.2) is 4.79 Å². The molecule has 114 valence electrons. The third kappa shape index (κ3) is 3.38. The number of carbonyl (C=O) groups is 2. The highest BCUT2D eigenvalue weighted by molar-refractivity contribution is 5.77. The predicted molar refractivity (Wildman–Crippen MR) is 67.3 cm³/mol. The van der Waals surface area contributed by atoms with Gasteiger partial charge in [0.25, 0.3) is 0 Å². The SMILES string of the molecule is CC1CN(C(=O)NC2COCC2C(=O)O)CC(CO)O1. The number of carboxylic acid groups (broad SMARTS) is 1. The first-order valence-corrected chi connectivity index (χ1v) is 6.63. The van der Waals surface area contributed by atoms with Crippen molar-refractivity contribution in [2.24, 2.45) is 5.92 Å². The van der Waals surface area contributed by atoms with E-state index in [1.165, 1.54) is 4.90 Å². The highest BCUT2D eigenvalue weighted by Crippen LogP contribution is 2.16. The highest BCUT2D eigenvalue weighted by atomic mass is 16.5. The molecule has 0 aromatic carbocycles. The van der Waals surface area contributed by atoms with E-state index in [2.05, 4.69) is 5.32 Å². The number of aliphatic hydroxyl groups is 1. The van der Waals surface area contributed by atoms with E-state index >= 15 is 0 Å². The van der Waals surface area contributed by atoms with Crippen LogP contribution >= 0.6 is 0 Å². The molecule has 2 aliphatic rings. The van der Waals surface area contributed by atoms with Gasteiger partial charge in [-0.2, -0.15) is 0 Å². The summed E-state index contributed by atoms with van der Waals surface area (Å²) in [6, 6.07) is -0.869. The molecule has 0 radical (unpaired) electrons. The van der Waals surface area contributed by atoms with Gasteiger partial charge in [-0.15, -0.1) is 0 Å². The first-order valence-electron chi connectivity index (χ1n) is 6.63. The lowest BCUT2D eigenvalue weighted by atomic mass is 10.0. The second-order valence-electron chi connectivity index (χ2n) is 5.19. The van der Waals surface area contributed by atoms with E-state index < -0.39 is 24.0 Å². The minimum Gasteiger partial charge on any atom is -0.481 e. The van der Waals surface area contributed by atoms with E-state index in [1.807, 2.05) is 6.92 Å². The molecule has 2 rings (SSSR count). The molecule has 0 aromatic rings. The van der Waals surface area contributed by atoms with Crippen molar-refractivity contribution in [1.82, 2.24) is 10.2 Å². The minimum atomic E-state index is -0.976. The molecule has 4 atom stereocenters. The molecule has 2 heterocycles. The van der Waals surface area contributed by atoms with E-state index in [-0.39, 0.29) is 38.5 Å². The van der Waals surface area contributed by atoms with Crippen LogP contribution in [0.1, 0.15) is 6.92 Å². The monoisotopic (exact) mass is 288 g/mol. The van der Waals surface area contributed by atoms with Gasteiger partial charge in [-0.3, -0.25) is 4.79 Å². The number of carboxylic acids is 1. The number of amides is 2. The molecule has 2 fully saturated rings. The van der Waals surface area contributed by atoms with Crippen LogP contribution in [0, 0.1) is 5.92 Å². The number of urea groups is 1. The van der Waals surface area contributed by atoms with Gasteiger partial charge in [-0.05, 0) is 6.92 Å². The summed E-state index contributed by atoms with van der Waals surface area (Å²) in [5, 5.41) is 20.8. The van der Waals surface area contributed by atoms with Gasteiger partial charge in [0.05, 0.1) is 44.6 Å². The average molecular weight is 288 g/mol. The van der Waals surface area contributed by atoms with Crippen molar-refractivity contribution < 1.29 is 29.3 Å². The molecular weight excluding hydrogens is 268 g/mol. The van der Waals surface area contributed by atoms with Crippen molar-refractivity contribution in [2.45, 2.75) is 25.2 Å². The zero-order valence-electron chi connectivity index (χ0n) is 11.3. The molecule has 0 aromatic heterocycles. The molecule has 0 aliphatic carbocycles. The van der Waals surface area contributed by atoms with Crippen molar-refractivity contribution in [3.05, 3.63) is 0 Å². The van der Waals surface area contributed by atoms with Crippen molar-refractivity contribution in [2.75, 3.05) is 32.9 Å². The summed E-state index contributed by atoms with van der Waals surface area (Å²) < 4.78 is 10.6. The van der Waals surface area contributed by atoms with Crippen LogP contribution in [0.25, 0.3) is 0 Å². The molecule has 0 bridgehead atoms. The number of hydrogen-bond donors (Lipinski definition) is 3. The number of carbonyl (C=O) groups excluding carboxylic acids is 1. The third-order valence-corrected chi connectivity index (χ3v) is 3.52. The van der Waals surface area contributed by atoms with E-state index in [0.717, 1.165) is 0 Å². The zero-order chi connectivity index (χ0) is 14.7. The summed E-state index contributed by atoms with van der Waals surface area (Å²) in [7, 11) is 0. The maximum atomic E-state index is 12.2. The van der Waals surface area contributed by atoms with Crippen LogP contribution in [0.5, 0.6) is 0 Å². The standard InChI is InChI=1S/C12H20N2O6/c1-7-2-14(3-8(4-15)20-7)12(18)13-10-6-19-5-9(10)11(16)17/h7-10,15H,2-6H2,1H3,(H,13,18)(H,16,17). The van der Waals surface area contributed by atoms with Crippen LogP contribution in [0.4, 0.5) is 4.79 Å². The molecule has 2 saturated heterocycles. The lowest BCUT2D eigenvalue weighted by Crippen LogP contribution is -2.56. The van der Waals surface area contributed by atoms with Gasteiger partial charge < -0.3 is 29.9 Å². The number of aliphatic carboxylic acids is 1. The van der Waals surface area contributed by atoms with E-state index in [0.29, 0.717) is 6.54 Å². The van der Waals surface area contributed by atoms with E-state index in [9.17, 15) is 9.59 Å². The van der Waals surface area contributed by atoms with Crippen LogP contribution in [-0.2, 0) is 14.3 Å². The number of aliphatic hydroxyl groups excluding tert-OH is 1. The van der Waals surface area contributed by atoms with Crippen molar-refractivity contribution in [1.29, 1.82) is 0 Å². The smallest absolute Gasteiger partial charge is 0.317 e. The summed E-state index contributed by atoms with van der Waals surface area (Å²) in [6.45, 7) is 2.68. The third-order valence-electron chi connectivity index (χ3n) is 3.52. The lowest BCUT2D eigenvalue weighted by molar-refractivity contribution is -0.142. The molecule has 4 unspecified atom stereocenters. The maximum absolute atomic E-state index is 12.2. The van der Waals surface area contributed by atoms with Gasteiger partial charge in [0.15, 0.2) is 0 Å². The molecule has 2 amide bonds. The minimum absolute atomic E-state index is 0.110. The zero-order valence-corrected chi connectivity index (χ0v) is 11.3. The topological polar surface area (TPSA) is 108 Å². The molecular formula is C12H20N2O6. The number of morpholine rings is 1. The molecule has 0 spiro atoms. The second kappa shape index (κ2) is 6.38.